The number of benzene rings is 3. The van der Waals surface area contributed by atoms with Crippen molar-refractivity contribution >= 4 is 34.1 Å². The third-order valence-corrected chi connectivity index (χ3v) is 5.87. The molecule has 0 aliphatic carbocycles. The Morgan fingerprint density at radius 1 is 1.00 bits per heavy atom. The number of aromatic nitrogens is 2. The zero-order valence-electron chi connectivity index (χ0n) is 18.3. The van der Waals surface area contributed by atoms with Crippen molar-refractivity contribution in [3.63, 3.8) is 0 Å². The predicted molar refractivity (Wildman–Crippen MR) is 133 cm³/mol. The lowest BCUT2D eigenvalue weighted by Gasteiger charge is -2.12. The molecule has 0 aliphatic heterocycles. The lowest BCUT2D eigenvalue weighted by Crippen LogP contribution is -2.24. The first-order valence-electron chi connectivity index (χ1n) is 10.7. The Hall–Kier alpha value is -4.16. The SMILES string of the molecule is Cc1nc2ccc(NC(=O)c3ccco3)cc2c(=O)n1Cc1ccc(-c2ccc(Cl)cc2)cc1. The Balaban J connectivity index is 1.43. The fraction of sp³-hybridized carbons (Fsp3) is 0.0741. The molecular weight excluding hydrogens is 450 g/mol. The number of hydrogen-bond donors (Lipinski definition) is 1. The van der Waals surface area contributed by atoms with Crippen LogP contribution >= 0.6 is 11.6 Å². The summed E-state index contributed by atoms with van der Waals surface area (Å²) in [6.45, 7) is 2.20. The van der Waals surface area contributed by atoms with Crippen LogP contribution in [-0.4, -0.2) is 15.5 Å². The highest BCUT2D eigenvalue weighted by Crippen LogP contribution is 2.22. The van der Waals surface area contributed by atoms with Crippen LogP contribution in [0.15, 0.2) is 94.3 Å². The average Bonchev–Trinajstić information content (AvgIpc) is 3.39. The number of halogens is 1. The average molecular weight is 470 g/mol. The summed E-state index contributed by atoms with van der Waals surface area (Å²) in [6.07, 6.45) is 1.43. The van der Waals surface area contributed by atoms with Crippen molar-refractivity contribution in [2.75, 3.05) is 5.32 Å². The summed E-state index contributed by atoms with van der Waals surface area (Å²) in [7, 11) is 0. The number of anilines is 1. The Morgan fingerprint density at radius 2 is 1.71 bits per heavy atom. The molecule has 0 saturated carbocycles. The summed E-state index contributed by atoms with van der Waals surface area (Å²) in [5.41, 5.74) is 4.02. The molecule has 34 heavy (non-hydrogen) atoms. The minimum atomic E-state index is -0.384. The highest BCUT2D eigenvalue weighted by molar-refractivity contribution is 6.30. The van der Waals surface area contributed by atoms with E-state index in [1.54, 1.807) is 34.9 Å². The van der Waals surface area contributed by atoms with Gasteiger partial charge in [0, 0.05) is 10.7 Å². The van der Waals surface area contributed by atoms with Gasteiger partial charge in [0.25, 0.3) is 11.5 Å². The monoisotopic (exact) mass is 469 g/mol. The normalized spacial score (nSPS) is 11.0. The standard InChI is InChI=1S/C27H20ClN3O3/c1-17-29-24-13-12-22(30-26(32)25-3-2-14-34-25)15-23(24)27(33)31(17)16-18-4-6-19(7-5-18)20-8-10-21(28)11-9-20/h2-15H,16H2,1H3,(H,30,32). The van der Waals surface area contributed by atoms with Gasteiger partial charge in [-0.2, -0.15) is 0 Å². The van der Waals surface area contributed by atoms with Crippen molar-refractivity contribution in [1.82, 2.24) is 9.55 Å². The number of amides is 1. The Bertz CT molecular complexity index is 1540. The number of hydrogen-bond acceptors (Lipinski definition) is 4. The van der Waals surface area contributed by atoms with E-state index in [1.165, 1.54) is 6.26 Å². The molecule has 6 nitrogen and oxygen atoms in total. The smallest absolute Gasteiger partial charge is 0.291 e. The van der Waals surface area contributed by atoms with Crippen LogP contribution in [0.1, 0.15) is 21.9 Å². The number of nitrogens with zero attached hydrogens (tertiary/aromatic N) is 2. The van der Waals surface area contributed by atoms with Crippen LogP contribution in [0.3, 0.4) is 0 Å². The molecular formula is C27H20ClN3O3. The number of rotatable bonds is 5. The fourth-order valence-corrected chi connectivity index (χ4v) is 3.95. The van der Waals surface area contributed by atoms with Gasteiger partial charge in [-0.1, -0.05) is 48.0 Å². The van der Waals surface area contributed by atoms with Crippen LogP contribution in [0.5, 0.6) is 0 Å². The zero-order chi connectivity index (χ0) is 23.7. The molecule has 0 spiro atoms. The molecule has 2 heterocycles. The molecule has 0 radical (unpaired) electrons. The molecule has 0 fully saturated rings. The van der Waals surface area contributed by atoms with Crippen LogP contribution in [0, 0.1) is 6.92 Å². The van der Waals surface area contributed by atoms with Crippen LogP contribution in [-0.2, 0) is 6.54 Å². The maximum Gasteiger partial charge on any atom is 0.291 e. The molecule has 5 aromatic rings. The number of nitrogens with one attached hydrogen (secondary N) is 1. The Kier molecular flexibility index (Phi) is 5.74. The third-order valence-electron chi connectivity index (χ3n) is 5.62. The summed E-state index contributed by atoms with van der Waals surface area (Å²) in [5.74, 6) is 0.429. The van der Waals surface area contributed by atoms with Crippen molar-refractivity contribution in [1.29, 1.82) is 0 Å². The quantitative estimate of drug-likeness (QED) is 0.346. The molecule has 2 aromatic heterocycles. The van der Waals surface area contributed by atoms with E-state index < -0.39 is 0 Å². The summed E-state index contributed by atoms with van der Waals surface area (Å²) >= 11 is 5.98. The second-order valence-corrected chi connectivity index (χ2v) is 8.35. The van der Waals surface area contributed by atoms with Gasteiger partial charge in [-0.3, -0.25) is 14.2 Å². The molecule has 1 amide bonds. The van der Waals surface area contributed by atoms with Crippen molar-refractivity contribution in [3.05, 3.63) is 118 Å². The maximum absolute atomic E-state index is 13.3. The molecule has 7 heteroatoms. The van der Waals surface area contributed by atoms with Gasteiger partial charge in [0.15, 0.2) is 5.76 Å². The first kappa shape index (κ1) is 21.7. The largest absolute Gasteiger partial charge is 0.459 e. The van der Waals surface area contributed by atoms with Gasteiger partial charge in [0.1, 0.15) is 5.82 Å². The lowest BCUT2D eigenvalue weighted by atomic mass is 10.0. The molecule has 1 N–H and O–H groups in total. The summed E-state index contributed by atoms with van der Waals surface area (Å²) in [5, 5.41) is 3.88. The molecule has 5 rings (SSSR count). The van der Waals surface area contributed by atoms with E-state index in [4.69, 9.17) is 16.0 Å². The number of furan rings is 1. The first-order valence-corrected chi connectivity index (χ1v) is 11.1. The molecule has 0 saturated heterocycles. The van der Waals surface area contributed by atoms with Gasteiger partial charge in [0.2, 0.25) is 0 Å². The van der Waals surface area contributed by atoms with Crippen LogP contribution in [0.2, 0.25) is 5.02 Å². The molecule has 3 aromatic carbocycles. The van der Waals surface area contributed by atoms with Gasteiger partial charge in [-0.15, -0.1) is 0 Å². The van der Waals surface area contributed by atoms with E-state index in [9.17, 15) is 9.59 Å². The van der Waals surface area contributed by atoms with Crippen molar-refractivity contribution in [3.8, 4) is 11.1 Å². The highest BCUT2D eigenvalue weighted by Gasteiger charge is 2.13. The number of aryl methyl sites for hydroxylation is 1. The van der Waals surface area contributed by atoms with Gasteiger partial charge in [-0.05, 0) is 66.1 Å². The van der Waals surface area contributed by atoms with Gasteiger partial charge < -0.3 is 9.73 Å². The third kappa shape index (κ3) is 4.36. The second kappa shape index (κ2) is 9.00. The molecule has 0 atom stereocenters. The fourth-order valence-electron chi connectivity index (χ4n) is 3.82. The van der Waals surface area contributed by atoms with Crippen LogP contribution in [0.4, 0.5) is 5.69 Å². The summed E-state index contributed by atoms with van der Waals surface area (Å²) in [4.78, 5) is 30.2. The zero-order valence-corrected chi connectivity index (χ0v) is 19.0. The molecule has 0 aliphatic rings. The second-order valence-electron chi connectivity index (χ2n) is 7.92. The summed E-state index contributed by atoms with van der Waals surface area (Å²) < 4.78 is 6.76. The van der Waals surface area contributed by atoms with E-state index >= 15 is 0 Å². The van der Waals surface area contributed by atoms with Gasteiger partial charge in [0.05, 0.1) is 23.7 Å². The maximum atomic E-state index is 13.3. The van der Waals surface area contributed by atoms with E-state index in [2.05, 4.69) is 10.3 Å². The molecule has 0 unspecified atom stereocenters. The number of carbonyl (C=O) groups is 1. The summed E-state index contributed by atoms with van der Waals surface area (Å²) in [6, 6.07) is 24.0. The Labute approximate surface area is 200 Å². The topological polar surface area (TPSA) is 77.1 Å². The van der Waals surface area contributed by atoms with E-state index in [-0.39, 0.29) is 17.2 Å². The van der Waals surface area contributed by atoms with Gasteiger partial charge >= 0.3 is 0 Å². The van der Waals surface area contributed by atoms with Crippen molar-refractivity contribution in [2.45, 2.75) is 13.5 Å². The first-order chi connectivity index (χ1) is 16.5. The van der Waals surface area contributed by atoms with Crippen molar-refractivity contribution < 1.29 is 9.21 Å². The highest BCUT2D eigenvalue weighted by atomic mass is 35.5. The lowest BCUT2D eigenvalue weighted by molar-refractivity contribution is 0.0996. The Morgan fingerprint density at radius 3 is 2.38 bits per heavy atom. The predicted octanol–water partition coefficient (Wildman–Crippen LogP) is 5.92. The molecule has 168 valence electrons. The number of fused-ring (bicyclic) bond motifs is 1. The number of carbonyl (C=O) groups excluding carboxylic acids is 1. The minimum Gasteiger partial charge on any atom is -0.459 e. The molecule has 0 bridgehead atoms. The van der Waals surface area contributed by atoms with Crippen LogP contribution < -0.4 is 10.9 Å². The van der Waals surface area contributed by atoms with Crippen molar-refractivity contribution in [2.24, 2.45) is 0 Å². The van der Waals surface area contributed by atoms with E-state index in [1.807, 2.05) is 55.5 Å². The van der Waals surface area contributed by atoms with E-state index in [0.29, 0.717) is 34.0 Å². The van der Waals surface area contributed by atoms with E-state index in [0.717, 1.165) is 16.7 Å². The van der Waals surface area contributed by atoms with Gasteiger partial charge in [-0.25, -0.2) is 4.98 Å². The van der Waals surface area contributed by atoms with Crippen LogP contribution in [0.25, 0.3) is 22.0 Å². The minimum absolute atomic E-state index is 0.168.